The summed E-state index contributed by atoms with van der Waals surface area (Å²) in [6, 6.07) is 16.2. The fourth-order valence-electron chi connectivity index (χ4n) is 2.26. The Balaban J connectivity index is 1.66. The van der Waals surface area contributed by atoms with Crippen LogP contribution in [0.15, 0.2) is 53.4 Å². The molecule has 3 nitrogen and oxygen atoms in total. The number of benzene rings is 2. The van der Waals surface area contributed by atoms with E-state index in [1.54, 1.807) is 18.9 Å². The Hall–Kier alpha value is -1.59. The molecule has 0 saturated heterocycles. The molecule has 25 heavy (non-hydrogen) atoms. The fourth-order valence-corrected chi connectivity index (χ4v) is 4.08. The van der Waals surface area contributed by atoms with Crippen molar-refractivity contribution in [1.82, 2.24) is 5.32 Å². The normalized spacial score (nSPS) is 11.8. The summed E-state index contributed by atoms with van der Waals surface area (Å²) >= 11 is 3.41. The average Bonchev–Trinajstić information content (AvgIpc) is 2.63. The fraction of sp³-hybridized carbons (Fsp3) is 0.350. The minimum atomic E-state index is -0.116. The number of carbonyl (C=O) groups excluding carboxylic acids is 1. The van der Waals surface area contributed by atoms with Gasteiger partial charge >= 0.3 is 0 Å². The number of hydrogen-bond acceptors (Lipinski definition) is 4. The van der Waals surface area contributed by atoms with E-state index in [0.29, 0.717) is 6.54 Å². The molecule has 1 unspecified atom stereocenters. The predicted octanol–water partition coefficient (Wildman–Crippen LogP) is 4.53. The molecule has 2 rings (SSSR count). The van der Waals surface area contributed by atoms with Crippen molar-refractivity contribution in [2.45, 2.75) is 29.7 Å². The van der Waals surface area contributed by atoms with Crippen molar-refractivity contribution in [2.75, 3.05) is 19.4 Å². The lowest BCUT2D eigenvalue weighted by atomic mass is 10.1. The van der Waals surface area contributed by atoms with Crippen molar-refractivity contribution in [1.29, 1.82) is 0 Å². The Kier molecular flexibility index (Phi) is 8.22. The van der Waals surface area contributed by atoms with Crippen LogP contribution >= 0.6 is 23.5 Å². The quantitative estimate of drug-likeness (QED) is 0.516. The third-order valence-corrected chi connectivity index (χ3v) is 5.93. The highest BCUT2D eigenvalue weighted by molar-refractivity contribution is 8.00. The Bertz CT molecular complexity index is 674. The minimum absolute atomic E-state index is 0.0808. The van der Waals surface area contributed by atoms with Crippen molar-refractivity contribution in [2.24, 2.45) is 0 Å². The lowest BCUT2D eigenvalue weighted by Gasteiger charge is -2.12. The van der Waals surface area contributed by atoms with Gasteiger partial charge in [0.05, 0.1) is 12.4 Å². The molecule has 0 aliphatic heterocycles. The molecule has 5 heteroatoms. The summed E-state index contributed by atoms with van der Waals surface area (Å²) in [5.41, 5.74) is 2.69. The molecule has 134 valence electrons. The standard InChI is InChI=1S/C20H25NO2S2/c1-15-6-4-5-7-17(15)14-24-13-12-21-20(22)16(2)25-19-10-8-18(23-3)9-11-19/h4-11,16H,12-14H2,1-3H3,(H,21,22). The van der Waals surface area contributed by atoms with Crippen molar-refractivity contribution in [3.63, 3.8) is 0 Å². The van der Waals surface area contributed by atoms with E-state index >= 15 is 0 Å². The van der Waals surface area contributed by atoms with Crippen molar-refractivity contribution >= 4 is 29.4 Å². The zero-order valence-electron chi connectivity index (χ0n) is 15.0. The third-order valence-electron chi connectivity index (χ3n) is 3.81. The van der Waals surface area contributed by atoms with Crippen molar-refractivity contribution in [3.05, 3.63) is 59.7 Å². The summed E-state index contributed by atoms with van der Waals surface area (Å²) < 4.78 is 5.15. The maximum absolute atomic E-state index is 12.2. The van der Waals surface area contributed by atoms with Gasteiger partial charge in [0.2, 0.25) is 5.91 Å². The van der Waals surface area contributed by atoms with Crippen LogP contribution in [0.3, 0.4) is 0 Å². The second-order valence-corrected chi connectivity index (χ2v) is 8.23. The smallest absolute Gasteiger partial charge is 0.233 e. The average molecular weight is 376 g/mol. The summed E-state index contributed by atoms with van der Waals surface area (Å²) in [7, 11) is 1.65. The maximum Gasteiger partial charge on any atom is 0.233 e. The highest BCUT2D eigenvalue weighted by Crippen LogP contribution is 2.25. The predicted molar refractivity (Wildman–Crippen MR) is 109 cm³/mol. The van der Waals surface area contributed by atoms with Gasteiger partial charge in [-0.05, 0) is 49.2 Å². The second-order valence-electron chi connectivity index (χ2n) is 5.71. The molecular weight excluding hydrogens is 350 g/mol. The Morgan fingerprint density at radius 3 is 2.56 bits per heavy atom. The highest BCUT2D eigenvalue weighted by atomic mass is 32.2. The van der Waals surface area contributed by atoms with Gasteiger partial charge in [-0.1, -0.05) is 24.3 Å². The van der Waals surface area contributed by atoms with E-state index in [0.717, 1.165) is 22.2 Å². The van der Waals surface area contributed by atoms with E-state index in [4.69, 9.17) is 4.74 Å². The number of carbonyl (C=O) groups is 1. The number of methoxy groups -OCH3 is 1. The van der Waals surface area contributed by atoms with E-state index < -0.39 is 0 Å². The van der Waals surface area contributed by atoms with Crippen LogP contribution in [0.1, 0.15) is 18.1 Å². The van der Waals surface area contributed by atoms with E-state index in [2.05, 4.69) is 36.5 Å². The Morgan fingerprint density at radius 1 is 1.16 bits per heavy atom. The summed E-state index contributed by atoms with van der Waals surface area (Å²) in [6.07, 6.45) is 0. The molecule has 0 bridgehead atoms. The molecule has 0 radical (unpaired) electrons. The number of thioether (sulfide) groups is 2. The molecule has 1 amide bonds. The molecule has 1 atom stereocenters. The van der Waals surface area contributed by atoms with Crippen molar-refractivity contribution in [3.8, 4) is 5.75 Å². The van der Waals surface area contributed by atoms with Gasteiger partial charge in [0.15, 0.2) is 0 Å². The molecule has 0 aliphatic rings. The highest BCUT2D eigenvalue weighted by Gasteiger charge is 2.13. The number of rotatable bonds is 9. The molecule has 0 spiro atoms. The Labute approximate surface area is 158 Å². The first kappa shape index (κ1) is 19.7. The van der Waals surface area contributed by atoms with Crippen LogP contribution in [0, 0.1) is 6.92 Å². The number of nitrogens with one attached hydrogen (secondary N) is 1. The van der Waals surface area contributed by atoms with Gasteiger partial charge in [0, 0.05) is 22.9 Å². The Morgan fingerprint density at radius 2 is 1.88 bits per heavy atom. The van der Waals surface area contributed by atoms with Gasteiger partial charge < -0.3 is 10.1 Å². The summed E-state index contributed by atoms with van der Waals surface area (Å²) in [6.45, 7) is 4.77. The first-order valence-corrected chi connectivity index (χ1v) is 10.3. The zero-order chi connectivity index (χ0) is 18.1. The van der Waals surface area contributed by atoms with Gasteiger partial charge in [-0.3, -0.25) is 4.79 Å². The topological polar surface area (TPSA) is 38.3 Å². The van der Waals surface area contributed by atoms with Crippen LogP contribution in [-0.4, -0.2) is 30.6 Å². The molecule has 2 aromatic rings. The van der Waals surface area contributed by atoms with Crippen LogP contribution in [0.25, 0.3) is 0 Å². The zero-order valence-corrected chi connectivity index (χ0v) is 16.6. The van der Waals surface area contributed by atoms with Crippen molar-refractivity contribution < 1.29 is 9.53 Å². The summed E-state index contributed by atoms with van der Waals surface area (Å²) in [5, 5.41) is 2.90. The SMILES string of the molecule is COc1ccc(SC(C)C(=O)NCCSCc2ccccc2C)cc1. The largest absolute Gasteiger partial charge is 0.497 e. The molecule has 0 heterocycles. The van der Waals surface area contributed by atoms with Crippen LogP contribution in [-0.2, 0) is 10.5 Å². The first-order valence-electron chi connectivity index (χ1n) is 8.31. The summed E-state index contributed by atoms with van der Waals surface area (Å²) in [5.74, 6) is 2.81. The van der Waals surface area contributed by atoms with E-state index in [1.165, 1.54) is 11.1 Å². The molecule has 0 aliphatic carbocycles. The number of ether oxygens (including phenoxy) is 1. The molecule has 0 saturated carbocycles. The third kappa shape index (κ3) is 6.67. The second kappa shape index (κ2) is 10.4. The molecule has 0 aromatic heterocycles. The molecular formula is C20H25NO2S2. The molecule has 0 fully saturated rings. The van der Waals surface area contributed by atoms with E-state index in [9.17, 15) is 4.79 Å². The molecule has 1 N–H and O–H groups in total. The van der Waals surface area contributed by atoms with Crippen LogP contribution in [0.2, 0.25) is 0 Å². The number of hydrogen-bond donors (Lipinski definition) is 1. The van der Waals surface area contributed by atoms with Gasteiger partial charge in [0.1, 0.15) is 5.75 Å². The van der Waals surface area contributed by atoms with Gasteiger partial charge in [0.25, 0.3) is 0 Å². The van der Waals surface area contributed by atoms with Gasteiger partial charge in [-0.15, -0.1) is 11.8 Å². The van der Waals surface area contributed by atoms with Gasteiger partial charge in [-0.2, -0.15) is 11.8 Å². The minimum Gasteiger partial charge on any atom is -0.497 e. The van der Waals surface area contributed by atoms with Gasteiger partial charge in [-0.25, -0.2) is 0 Å². The number of amides is 1. The monoisotopic (exact) mass is 375 g/mol. The van der Waals surface area contributed by atoms with Crippen LogP contribution < -0.4 is 10.1 Å². The van der Waals surface area contributed by atoms with E-state index in [1.807, 2.05) is 43.0 Å². The van der Waals surface area contributed by atoms with Crippen LogP contribution in [0.4, 0.5) is 0 Å². The van der Waals surface area contributed by atoms with E-state index in [-0.39, 0.29) is 11.2 Å². The lowest BCUT2D eigenvalue weighted by Crippen LogP contribution is -2.32. The van der Waals surface area contributed by atoms with Crippen LogP contribution in [0.5, 0.6) is 5.75 Å². The number of aryl methyl sites for hydroxylation is 1. The summed E-state index contributed by atoms with van der Waals surface area (Å²) in [4.78, 5) is 13.3. The molecule has 2 aromatic carbocycles. The lowest BCUT2D eigenvalue weighted by molar-refractivity contribution is -0.120. The maximum atomic E-state index is 12.2. The first-order chi connectivity index (χ1) is 12.1.